The average Bonchev–Trinajstić information content (AvgIpc) is 2.64. The average molecular weight is 314 g/mol. The summed E-state index contributed by atoms with van der Waals surface area (Å²) < 4.78 is 30.0. The van der Waals surface area contributed by atoms with Crippen LogP contribution in [0.3, 0.4) is 0 Å². The lowest BCUT2D eigenvalue weighted by atomic mass is 9.93. The quantitative estimate of drug-likeness (QED) is 0.283. The fraction of sp³-hybridized carbons (Fsp3) is 0. The van der Waals surface area contributed by atoms with Crippen molar-refractivity contribution >= 4 is 43.1 Å². The highest BCUT2D eigenvalue weighted by Crippen LogP contribution is 2.38. The van der Waals surface area contributed by atoms with E-state index in [-0.39, 0.29) is 0 Å². The minimum absolute atomic E-state index is 0.355. The summed E-state index contributed by atoms with van der Waals surface area (Å²) in [6.45, 7) is 0. The fourth-order valence-electron chi connectivity index (χ4n) is 3.68. The van der Waals surface area contributed by atoms with Crippen LogP contribution >= 0.6 is 0 Å². The van der Waals surface area contributed by atoms with Gasteiger partial charge in [0.25, 0.3) is 0 Å². The Morgan fingerprint density at radius 2 is 0.833 bits per heavy atom. The van der Waals surface area contributed by atoms with Gasteiger partial charge in [0.2, 0.25) is 0 Å². The maximum atomic E-state index is 15.0. The van der Waals surface area contributed by atoms with Gasteiger partial charge in [0.15, 0.2) is 11.6 Å². The molecule has 0 spiro atoms. The number of halogens is 2. The molecule has 5 rings (SSSR count). The third-order valence-electron chi connectivity index (χ3n) is 4.78. The Morgan fingerprint density at radius 3 is 1.29 bits per heavy atom. The molecule has 0 atom stereocenters. The summed E-state index contributed by atoms with van der Waals surface area (Å²) in [6.07, 6.45) is 0. The predicted octanol–water partition coefficient (Wildman–Crippen LogP) is 6.58. The number of hydrogen-bond donors (Lipinski definition) is 0. The lowest BCUT2D eigenvalue weighted by Crippen LogP contribution is -1.93. The van der Waals surface area contributed by atoms with Crippen LogP contribution in [0.5, 0.6) is 0 Å². The van der Waals surface area contributed by atoms with E-state index in [0.29, 0.717) is 10.8 Å². The summed E-state index contributed by atoms with van der Waals surface area (Å²) in [5, 5.41) is 5.48. The molecular formula is C22H12F2. The number of benzene rings is 5. The van der Waals surface area contributed by atoms with Crippen molar-refractivity contribution in [1.29, 1.82) is 0 Å². The zero-order valence-corrected chi connectivity index (χ0v) is 12.7. The van der Waals surface area contributed by atoms with Crippen molar-refractivity contribution in [2.75, 3.05) is 0 Å². The third-order valence-corrected chi connectivity index (χ3v) is 4.78. The van der Waals surface area contributed by atoms with Gasteiger partial charge in [-0.3, -0.25) is 0 Å². The van der Waals surface area contributed by atoms with Crippen molar-refractivity contribution in [3.63, 3.8) is 0 Å². The zero-order valence-electron chi connectivity index (χ0n) is 12.7. The smallest absolute Gasteiger partial charge is 0.167 e. The molecule has 5 aromatic carbocycles. The zero-order chi connectivity index (χ0) is 16.3. The molecule has 0 saturated carbocycles. The molecule has 0 nitrogen and oxygen atoms in total. The van der Waals surface area contributed by atoms with E-state index >= 15 is 8.78 Å². The van der Waals surface area contributed by atoms with Crippen LogP contribution < -0.4 is 0 Å². The van der Waals surface area contributed by atoms with Gasteiger partial charge >= 0.3 is 0 Å². The minimum Gasteiger partial charge on any atom is -0.203 e. The highest BCUT2D eigenvalue weighted by Gasteiger charge is 2.18. The van der Waals surface area contributed by atoms with Gasteiger partial charge in [-0.25, -0.2) is 8.78 Å². The highest BCUT2D eigenvalue weighted by atomic mass is 19.2. The van der Waals surface area contributed by atoms with E-state index in [9.17, 15) is 0 Å². The van der Waals surface area contributed by atoms with Crippen LogP contribution in [-0.2, 0) is 0 Å². The van der Waals surface area contributed by atoms with E-state index < -0.39 is 11.6 Å². The van der Waals surface area contributed by atoms with Crippen molar-refractivity contribution in [2.45, 2.75) is 0 Å². The second-order valence-electron chi connectivity index (χ2n) is 6.05. The van der Waals surface area contributed by atoms with Crippen molar-refractivity contribution < 1.29 is 8.78 Å². The van der Waals surface area contributed by atoms with Crippen LogP contribution in [0.15, 0.2) is 72.8 Å². The monoisotopic (exact) mass is 314 g/mol. The second-order valence-corrected chi connectivity index (χ2v) is 6.05. The lowest BCUT2D eigenvalue weighted by Gasteiger charge is -2.12. The first-order valence-corrected chi connectivity index (χ1v) is 7.85. The van der Waals surface area contributed by atoms with Gasteiger partial charge in [-0.2, -0.15) is 0 Å². The molecule has 0 amide bonds. The van der Waals surface area contributed by atoms with E-state index in [1.54, 1.807) is 0 Å². The molecule has 0 N–H and O–H groups in total. The van der Waals surface area contributed by atoms with Crippen molar-refractivity contribution in [1.82, 2.24) is 0 Å². The Labute approximate surface area is 136 Å². The van der Waals surface area contributed by atoms with Gasteiger partial charge in [0.1, 0.15) is 0 Å². The summed E-state index contributed by atoms with van der Waals surface area (Å²) in [6, 6.07) is 22.7. The predicted molar refractivity (Wildman–Crippen MR) is 96.4 cm³/mol. The largest absolute Gasteiger partial charge is 0.203 e. The van der Waals surface area contributed by atoms with Crippen molar-refractivity contribution in [3.8, 4) is 0 Å². The van der Waals surface area contributed by atoms with Crippen molar-refractivity contribution in [2.24, 2.45) is 0 Å². The summed E-state index contributed by atoms with van der Waals surface area (Å²) >= 11 is 0. The van der Waals surface area contributed by atoms with Gasteiger partial charge in [-0.05, 0) is 32.3 Å². The van der Waals surface area contributed by atoms with Crippen LogP contribution in [0.4, 0.5) is 8.78 Å². The Bertz CT molecular complexity index is 1170. The molecule has 0 bridgehead atoms. The standard InChI is InChI=1S/C22H12F2/c23-21-19-15-7-3-1-5-13(15)9-11-17(19)18-12-10-14-6-2-4-8-16(14)20(18)22(21)24/h1-12H. The fourth-order valence-corrected chi connectivity index (χ4v) is 3.68. The lowest BCUT2D eigenvalue weighted by molar-refractivity contribution is 0.526. The van der Waals surface area contributed by atoms with Crippen LogP contribution in [0.25, 0.3) is 43.1 Å². The Hall–Kier alpha value is -3.00. The number of hydrogen-bond acceptors (Lipinski definition) is 0. The Balaban J connectivity index is 2.14. The van der Waals surface area contributed by atoms with Gasteiger partial charge in [-0.15, -0.1) is 0 Å². The normalized spacial score (nSPS) is 11.8. The first kappa shape index (κ1) is 13.4. The molecule has 0 aromatic heterocycles. The van der Waals surface area contributed by atoms with E-state index in [0.717, 1.165) is 32.3 Å². The van der Waals surface area contributed by atoms with Crippen LogP contribution in [0.1, 0.15) is 0 Å². The number of rotatable bonds is 0. The second kappa shape index (κ2) is 4.75. The topological polar surface area (TPSA) is 0 Å². The van der Waals surface area contributed by atoms with Gasteiger partial charge in [0, 0.05) is 10.8 Å². The van der Waals surface area contributed by atoms with Crippen molar-refractivity contribution in [3.05, 3.63) is 84.4 Å². The Morgan fingerprint density at radius 1 is 0.417 bits per heavy atom. The summed E-state index contributed by atoms with van der Waals surface area (Å²) in [4.78, 5) is 0. The summed E-state index contributed by atoms with van der Waals surface area (Å²) in [5.41, 5.74) is 0. The van der Waals surface area contributed by atoms with Gasteiger partial charge in [0.05, 0.1) is 0 Å². The van der Waals surface area contributed by atoms with Gasteiger partial charge < -0.3 is 0 Å². The molecule has 0 radical (unpaired) electrons. The molecule has 0 heterocycles. The summed E-state index contributed by atoms with van der Waals surface area (Å²) in [7, 11) is 0. The van der Waals surface area contributed by atoms with Crippen LogP contribution in [0, 0.1) is 11.6 Å². The maximum Gasteiger partial charge on any atom is 0.167 e. The van der Waals surface area contributed by atoms with E-state index in [1.165, 1.54) is 0 Å². The molecule has 0 aliphatic carbocycles. The molecule has 2 heteroatoms. The first-order valence-electron chi connectivity index (χ1n) is 7.85. The molecule has 0 unspecified atom stereocenters. The molecule has 0 aliphatic rings. The van der Waals surface area contributed by atoms with E-state index in [4.69, 9.17) is 0 Å². The molecule has 0 fully saturated rings. The van der Waals surface area contributed by atoms with E-state index in [2.05, 4.69) is 0 Å². The molecule has 0 saturated heterocycles. The highest BCUT2D eigenvalue weighted by molar-refractivity contribution is 6.22. The maximum absolute atomic E-state index is 15.0. The molecule has 5 aromatic rings. The molecule has 114 valence electrons. The molecule has 24 heavy (non-hydrogen) atoms. The van der Waals surface area contributed by atoms with E-state index in [1.807, 2.05) is 72.8 Å². The summed E-state index contributed by atoms with van der Waals surface area (Å²) in [5.74, 6) is -1.55. The van der Waals surface area contributed by atoms with Crippen LogP contribution in [0.2, 0.25) is 0 Å². The molecule has 0 aliphatic heterocycles. The third kappa shape index (κ3) is 1.65. The molecular weight excluding hydrogens is 302 g/mol. The van der Waals surface area contributed by atoms with Crippen LogP contribution in [-0.4, -0.2) is 0 Å². The number of fused-ring (bicyclic) bond motifs is 7. The first-order chi connectivity index (χ1) is 11.8. The SMILES string of the molecule is Fc1c(F)c2c3ccccc3ccc2c2ccc3ccccc3c12. The minimum atomic E-state index is -0.773. The Kier molecular flexibility index (Phi) is 2.66. The van der Waals surface area contributed by atoms with Gasteiger partial charge in [-0.1, -0.05) is 72.8 Å².